The van der Waals surface area contributed by atoms with Gasteiger partial charge in [-0.25, -0.2) is 0 Å². The first-order chi connectivity index (χ1) is 13.0. The summed E-state index contributed by atoms with van der Waals surface area (Å²) in [4.78, 5) is 26.4. The van der Waals surface area contributed by atoms with E-state index < -0.39 is 0 Å². The average Bonchev–Trinajstić information content (AvgIpc) is 2.68. The van der Waals surface area contributed by atoms with Crippen molar-refractivity contribution in [3.63, 3.8) is 0 Å². The molecular formula is C23H22N2O2. The summed E-state index contributed by atoms with van der Waals surface area (Å²) < 4.78 is 1.62. The Balaban J connectivity index is 1.72. The molecule has 1 aromatic heterocycles. The number of rotatable bonds is 3. The molecule has 0 radical (unpaired) electrons. The smallest absolute Gasteiger partial charge is 0.253 e. The fourth-order valence-corrected chi connectivity index (χ4v) is 3.71. The van der Waals surface area contributed by atoms with E-state index in [0.29, 0.717) is 13.0 Å². The maximum Gasteiger partial charge on any atom is 0.253 e. The van der Waals surface area contributed by atoms with Crippen LogP contribution in [0.3, 0.4) is 0 Å². The van der Waals surface area contributed by atoms with Crippen molar-refractivity contribution in [2.45, 2.75) is 26.3 Å². The lowest BCUT2D eigenvalue weighted by Gasteiger charge is -2.30. The summed E-state index contributed by atoms with van der Waals surface area (Å²) in [5, 5.41) is 0. The highest BCUT2D eigenvalue weighted by atomic mass is 16.2. The number of amides is 1. The Morgan fingerprint density at radius 3 is 2.44 bits per heavy atom. The second-order valence-electron chi connectivity index (χ2n) is 7.14. The molecule has 1 amide bonds. The van der Waals surface area contributed by atoms with E-state index in [1.54, 1.807) is 11.6 Å². The average molecular weight is 358 g/mol. The normalized spacial score (nSPS) is 13.6. The topological polar surface area (TPSA) is 42.3 Å². The minimum atomic E-state index is 0.0244. The van der Waals surface area contributed by atoms with Gasteiger partial charge >= 0.3 is 0 Å². The van der Waals surface area contributed by atoms with Gasteiger partial charge in [-0.2, -0.15) is 0 Å². The van der Waals surface area contributed by atoms with Crippen LogP contribution in [0.1, 0.15) is 23.1 Å². The van der Waals surface area contributed by atoms with Gasteiger partial charge in [0.2, 0.25) is 5.91 Å². The molecule has 0 saturated heterocycles. The second-order valence-corrected chi connectivity index (χ2v) is 7.14. The first kappa shape index (κ1) is 17.3. The van der Waals surface area contributed by atoms with Crippen LogP contribution in [0.25, 0.3) is 11.1 Å². The maximum atomic E-state index is 12.5. The van der Waals surface area contributed by atoms with Crippen LogP contribution in [0.5, 0.6) is 0 Å². The SMILES string of the molecule is Cc1cc(-c2ccc3c(c2)CCC(=O)N3Cc2ccccc2)cn(C)c1=O. The van der Waals surface area contributed by atoms with Crippen LogP contribution in [0.15, 0.2) is 65.6 Å². The lowest BCUT2D eigenvalue weighted by molar-refractivity contribution is -0.119. The third kappa shape index (κ3) is 3.31. The summed E-state index contributed by atoms with van der Waals surface area (Å²) >= 11 is 0. The number of fused-ring (bicyclic) bond motifs is 1. The van der Waals surface area contributed by atoms with Crippen LogP contribution in [0.2, 0.25) is 0 Å². The van der Waals surface area contributed by atoms with Crippen molar-refractivity contribution in [2.24, 2.45) is 7.05 Å². The molecule has 0 N–H and O–H groups in total. The molecule has 3 aromatic rings. The van der Waals surface area contributed by atoms with E-state index in [4.69, 9.17) is 0 Å². The third-order valence-corrected chi connectivity index (χ3v) is 5.16. The van der Waals surface area contributed by atoms with Gasteiger partial charge in [0.25, 0.3) is 5.56 Å². The minimum Gasteiger partial charge on any atom is -0.318 e. The molecule has 0 spiro atoms. The minimum absolute atomic E-state index is 0.0244. The Labute approximate surface area is 158 Å². The Morgan fingerprint density at radius 2 is 1.70 bits per heavy atom. The number of pyridine rings is 1. The molecule has 0 unspecified atom stereocenters. The van der Waals surface area contributed by atoms with Crippen LogP contribution >= 0.6 is 0 Å². The number of hydrogen-bond acceptors (Lipinski definition) is 2. The van der Waals surface area contributed by atoms with Crippen molar-refractivity contribution in [1.29, 1.82) is 0 Å². The number of aryl methyl sites for hydroxylation is 3. The monoisotopic (exact) mass is 358 g/mol. The van der Waals surface area contributed by atoms with Gasteiger partial charge in [-0.1, -0.05) is 36.4 Å². The molecule has 27 heavy (non-hydrogen) atoms. The Kier molecular flexibility index (Phi) is 4.40. The van der Waals surface area contributed by atoms with E-state index >= 15 is 0 Å². The summed E-state index contributed by atoms with van der Waals surface area (Å²) in [6, 6.07) is 18.2. The summed E-state index contributed by atoms with van der Waals surface area (Å²) in [5.41, 5.74) is 6.13. The largest absolute Gasteiger partial charge is 0.318 e. The van der Waals surface area contributed by atoms with Gasteiger partial charge < -0.3 is 9.47 Å². The summed E-state index contributed by atoms with van der Waals surface area (Å²) in [5.74, 6) is 0.164. The second kappa shape index (κ2) is 6.88. The molecule has 136 valence electrons. The van der Waals surface area contributed by atoms with Crippen molar-refractivity contribution in [2.75, 3.05) is 4.90 Å². The fourth-order valence-electron chi connectivity index (χ4n) is 3.71. The number of nitrogens with zero attached hydrogens (tertiary/aromatic N) is 2. The van der Waals surface area contributed by atoms with Gasteiger partial charge in [-0.15, -0.1) is 0 Å². The van der Waals surface area contributed by atoms with Crippen LogP contribution < -0.4 is 10.5 Å². The van der Waals surface area contributed by atoms with Gasteiger partial charge in [0, 0.05) is 30.9 Å². The molecule has 4 rings (SSSR count). The zero-order chi connectivity index (χ0) is 19.0. The van der Waals surface area contributed by atoms with Crippen molar-refractivity contribution in [1.82, 2.24) is 4.57 Å². The van der Waals surface area contributed by atoms with E-state index in [1.165, 1.54) is 5.56 Å². The van der Waals surface area contributed by atoms with Gasteiger partial charge in [0.15, 0.2) is 0 Å². The Hall–Kier alpha value is -3.14. The maximum absolute atomic E-state index is 12.5. The molecule has 0 fully saturated rings. The molecule has 4 nitrogen and oxygen atoms in total. The predicted molar refractivity (Wildman–Crippen MR) is 108 cm³/mol. The van der Waals surface area contributed by atoms with Gasteiger partial charge in [0.1, 0.15) is 0 Å². The van der Waals surface area contributed by atoms with Crippen LogP contribution in [-0.4, -0.2) is 10.5 Å². The molecule has 2 aromatic carbocycles. The highest BCUT2D eigenvalue weighted by molar-refractivity contribution is 5.96. The fraction of sp³-hybridized carbons (Fsp3) is 0.217. The van der Waals surface area contributed by atoms with Crippen molar-refractivity contribution in [3.05, 3.63) is 87.8 Å². The predicted octanol–water partition coefficient (Wildman–Crippen LogP) is 3.84. The number of hydrogen-bond donors (Lipinski definition) is 0. The Bertz CT molecular complexity index is 1040. The van der Waals surface area contributed by atoms with Gasteiger partial charge in [-0.3, -0.25) is 9.59 Å². The molecule has 1 aliphatic rings. The Morgan fingerprint density at radius 1 is 0.926 bits per heavy atom. The molecule has 0 atom stereocenters. The number of aromatic nitrogens is 1. The van der Waals surface area contributed by atoms with Crippen molar-refractivity contribution >= 4 is 11.6 Å². The number of carbonyl (C=O) groups is 1. The van der Waals surface area contributed by atoms with Gasteiger partial charge in [-0.05, 0) is 53.8 Å². The summed E-state index contributed by atoms with van der Waals surface area (Å²) in [7, 11) is 1.78. The van der Waals surface area contributed by atoms with Crippen molar-refractivity contribution in [3.8, 4) is 11.1 Å². The lowest BCUT2D eigenvalue weighted by Crippen LogP contribution is -2.34. The molecule has 4 heteroatoms. The molecule has 1 aliphatic heterocycles. The van der Waals surface area contributed by atoms with Crippen molar-refractivity contribution < 1.29 is 4.79 Å². The molecule has 0 aliphatic carbocycles. The van der Waals surface area contributed by atoms with Crippen LogP contribution in [0, 0.1) is 6.92 Å². The van der Waals surface area contributed by atoms with Crippen LogP contribution in [-0.2, 0) is 24.8 Å². The number of anilines is 1. The zero-order valence-corrected chi connectivity index (χ0v) is 15.6. The molecule has 0 saturated carbocycles. The van der Waals surface area contributed by atoms with Crippen LogP contribution in [0.4, 0.5) is 5.69 Å². The first-order valence-corrected chi connectivity index (χ1v) is 9.18. The van der Waals surface area contributed by atoms with E-state index in [1.807, 2.05) is 66.6 Å². The molecule has 0 bridgehead atoms. The lowest BCUT2D eigenvalue weighted by atomic mass is 9.95. The summed E-state index contributed by atoms with van der Waals surface area (Å²) in [6.07, 6.45) is 3.14. The first-order valence-electron chi connectivity index (χ1n) is 9.18. The number of carbonyl (C=O) groups excluding carboxylic acids is 1. The highest BCUT2D eigenvalue weighted by Gasteiger charge is 2.24. The quantitative estimate of drug-likeness (QED) is 0.714. The van der Waals surface area contributed by atoms with Gasteiger partial charge in [0.05, 0.1) is 6.54 Å². The highest BCUT2D eigenvalue weighted by Crippen LogP contribution is 2.33. The van der Waals surface area contributed by atoms with E-state index in [-0.39, 0.29) is 11.5 Å². The number of benzene rings is 2. The standard InChI is InChI=1S/C23H22N2O2/c1-16-12-20(15-24(2)23(16)27)18-8-10-21-19(13-18)9-11-22(26)25(21)14-17-6-4-3-5-7-17/h3-8,10,12-13,15H,9,11,14H2,1-2H3. The zero-order valence-electron chi connectivity index (χ0n) is 15.6. The van der Waals surface area contributed by atoms with E-state index in [0.717, 1.165) is 34.4 Å². The molecular weight excluding hydrogens is 336 g/mol. The molecule has 2 heterocycles. The van der Waals surface area contributed by atoms with E-state index in [9.17, 15) is 9.59 Å². The van der Waals surface area contributed by atoms with E-state index in [2.05, 4.69) is 6.07 Å². The third-order valence-electron chi connectivity index (χ3n) is 5.16. The summed E-state index contributed by atoms with van der Waals surface area (Å²) in [6.45, 7) is 2.43.